The zero-order chi connectivity index (χ0) is 13.5. The number of anilines is 1. The van der Waals surface area contributed by atoms with E-state index < -0.39 is 5.91 Å². The molecule has 7 nitrogen and oxygen atoms in total. The Morgan fingerprint density at radius 1 is 1.67 bits per heavy atom. The van der Waals surface area contributed by atoms with Crippen molar-refractivity contribution in [1.29, 1.82) is 0 Å². The highest BCUT2D eigenvalue weighted by molar-refractivity contribution is 5.97. The number of ether oxygens (including phenoxy) is 1. The van der Waals surface area contributed by atoms with Gasteiger partial charge in [0, 0.05) is 13.7 Å². The number of aliphatic hydroxyl groups is 1. The summed E-state index contributed by atoms with van der Waals surface area (Å²) in [6, 6.07) is -0.362. The Balaban J connectivity index is 2.65. The van der Waals surface area contributed by atoms with Crippen molar-refractivity contribution < 1.29 is 14.6 Å². The zero-order valence-electron chi connectivity index (χ0n) is 10.7. The summed E-state index contributed by atoms with van der Waals surface area (Å²) in [5, 5.41) is 18.4. The van der Waals surface area contributed by atoms with Gasteiger partial charge in [0.05, 0.1) is 24.0 Å². The molecule has 0 bridgehead atoms. The lowest BCUT2D eigenvalue weighted by atomic mass is 10.2. The van der Waals surface area contributed by atoms with Crippen LogP contribution in [0, 0.1) is 0 Å². The molecule has 102 valence electrons. The highest BCUT2D eigenvalue weighted by Gasteiger charge is 2.19. The number of methoxy groups -OCH3 is 1. The molecule has 18 heavy (non-hydrogen) atoms. The van der Waals surface area contributed by atoms with Crippen molar-refractivity contribution in [3.05, 3.63) is 11.4 Å². The van der Waals surface area contributed by atoms with E-state index in [4.69, 9.17) is 15.6 Å². The Kier molecular flexibility index (Phi) is 5.60. The van der Waals surface area contributed by atoms with E-state index in [0.717, 1.165) is 5.69 Å². The summed E-state index contributed by atoms with van der Waals surface area (Å²) in [7, 11) is 1.56. The summed E-state index contributed by atoms with van der Waals surface area (Å²) in [6.45, 7) is 2.22. The summed E-state index contributed by atoms with van der Waals surface area (Å²) >= 11 is 0. The van der Waals surface area contributed by atoms with Crippen molar-refractivity contribution in [2.24, 2.45) is 0 Å². The van der Waals surface area contributed by atoms with E-state index >= 15 is 0 Å². The molecule has 0 aliphatic heterocycles. The van der Waals surface area contributed by atoms with E-state index in [1.807, 2.05) is 6.92 Å². The van der Waals surface area contributed by atoms with Crippen LogP contribution in [0.25, 0.3) is 0 Å². The second kappa shape index (κ2) is 6.97. The third-order valence-electron chi connectivity index (χ3n) is 2.68. The van der Waals surface area contributed by atoms with Crippen LogP contribution in [-0.4, -0.2) is 47.6 Å². The first-order valence-corrected chi connectivity index (χ1v) is 5.87. The summed E-state index contributed by atoms with van der Waals surface area (Å²) in [5.74, 6) is -0.390. The number of nitrogens with one attached hydrogen (secondary N) is 2. The fourth-order valence-corrected chi connectivity index (χ4v) is 1.55. The molecule has 1 aromatic rings. The quantitative estimate of drug-likeness (QED) is 0.534. The molecule has 0 aromatic carbocycles. The maximum absolute atomic E-state index is 11.9. The number of aryl methyl sites for hydroxylation is 1. The molecule has 0 saturated heterocycles. The van der Waals surface area contributed by atoms with Gasteiger partial charge in [0.1, 0.15) is 0 Å². The molecule has 1 aromatic heterocycles. The Hall–Kier alpha value is -1.60. The van der Waals surface area contributed by atoms with Crippen molar-refractivity contribution in [2.45, 2.75) is 25.8 Å². The average Bonchev–Trinajstić information content (AvgIpc) is 2.75. The van der Waals surface area contributed by atoms with Crippen LogP contribution in [0.4, 0.5) is 5.69 Å². The van der Waals surface area contributed by atoms with Crippen LogP contribution in [0.1, 0.15) is 29.5 Å². The maximum Gasteiger partial charge on any atom is 0.274 e. The molecule has 0 saturated carbocycles. The van der Waals surface area contributed by atoms with Crippen LogP contribution in [0.3, 0.4) is 0 Å². The molecule has 1 amide bonds. The van der Waals surface area contributed by atoms with Gasteiger partial charge in [-0.05, 0) is 12.8 Å². The van der Waals surface area contributed by atoms with Crippen molar-refractivity contribution in [3.63, 3.8) is 0 Å². The summed E-state index contributed by atoms with van der Waals surface area (Å²) in [6.07, 6.45) is 1.21. The van der Waals surface area contributed by atoms with Gasteiger partial charge in [-0.2, -0.15) is 5.10 Å². The van der Waals surface area contributed by atoms with E-state index in [0.29, 0.717) is 25.1 Å². The number of carbonyl (C=O) groups excluding carboxylic acids is 1. The molecule has 0 aliphatic carbocycles. The van der Waals surface area contributed by atoms with Crippen molar-refractivity contribution in [1.82, 2.24) is 15.5 Å². The molecule has 0 fully saturated rings. The molecular formula is C11H20N4O3. The van der Waals surface area contributed by atoms with Crippen LogP contribution in [0.15, 0.2) is 0 Å². The monoisotopic (exact) mass is 256 g/mol. The van der Waals surface area contributed by atoms with Gasteiger partial charge >= 0.3 is 0 Å². The molecule has 1 rings (SSSR count). The van der Waals surface area contributed by atoms with Crippen LogP contribution in [0.5, 0.6) is 0 Å². The first kappa shape index (κ1) is 14.5. The van der Waals surface area contributed by atoms with Gasteiger partial charge < -0.3 is 20.9 Å². The number of aromatic amines is 1. The number of H-pyrrole nitrogens is 1. The summed E-state index contributed by atoms with van der Waals surface area (Å²) in [5.41, 5.74) is 7.05. The number of aromatic nitrogens is 2. The van der Waals surface area contributed by atoms with Gasteiger partial charge in [-0.1, -0.05) is 6.92 Å². The van der Waals surface area contributed by atoms with Crippen LogP contribution >= 0.6 is 0 Å². The Labute approximate surface area is 106 Å². The number of carbonyl (C=O) groups is 1. The van der Waals surface area contributed by atoms with Crippen LogP contribution in [-0.2, 0) is 11.2 Å². The molecule has 5 N–H and O–H groups in total. The minimum atomic E-state index is -0.390. The van der Waals surface area contributed by atoms with Gasteiger partial charge in [-0.25, -0.2) is 0 Å². The van der Waals surface area contributed by atoms with Crippen molar-refractivity contribution in [3.8, 4) is 0 Å². The summed E-state index contributed by atoms with van der Waals surface area (Å²) < 4.78 is 4.90. The lowest BCUT2D eigenvalue weighted by molar-refractivity contribution is 0.0890. The van der Waals surface area contributed by atoms with Crippen molar-refractivity contribution >= 4 is 11.6 Å². The second-order valence-electron chi connectivity index (χ2n) is 3.95. The number of amides is 1. The van der Waals surface area contributed by atoms with Crippen LogP contribution in [0.2, 0.25) is 0 Å². The lowest BCUT2D eigenvalue weighted by Crippen LogP contribution is -2.38. The Morgan fingerprint density at radius 2 is 2.39 bits per heavy atom. The molecule has 1 atom stereocenters. The predicted molar refractivity (Wildman–Crippen MR) is 67.2 cm³/mol. The van der Waals surface area contributed by atoms with E-state index in [-0.39, 0.29) is 18.3 Å². The van der Waals surface area contributed by atoms with E-state index in [1.165, 1.54) is 0 Å². The fraction of sp³-hybridized carbons (Fsp3) is 0.636. The molecule has 7 heteroatoms. The smallest absolute Gasteiger partial charge is 0.274 e. The number of nitrogens with zero attached hydrogens (tertiary/aromatic N) is 1. The number of hydrogen-bond acceptors (Lipinski definition) is 5. The topological polar surface area (TPSA) is 113 Å². The molecule has 1 unspecified atom stereocenters. The largest absolute Gasteiger partial charge is 0.395 e. The van der Waals surface area contributed by atoms with Gasteiger partial charge in [-0.15, -0.1) is 0 Å². The standard InChI is InChI=1S/C11H20N4O3/c1-3-8-9(12)10(15-14-8)11(17)13-7(6-16)4-5-18-2/h7,16H,3-6,12H2,1-2H3,(H,13,17)(H,14,15). The highest BCUT2D eigenvalue weighted by atomic mass is 16.5. The molecule has 1 heterocycles. The number of rotatable bonds is 7. The fourth-order valence-electron chi connectivity index (χ4n) is 1.55. The van der Waals surface area contributed by atoms with Gasteiger partial charge in [0.25, 0.3) is 5.91 Å². The van der Waals surface area contributed by atoms with Crippen molar-refractivity contribution in [2.75, 3.05) is 26.1 Å². The number of nitrogen functional groups attached to an aromatic ring is 1. The lowest BCUT2D eigenvalue weighted by Gasteiger charge is -2.15. The third-order valence-corrected chi connectivity index (χ3v) is 2.68. The molecular weight excluding hydrogens is 236 g/mol. The Morgan fingerprint density at radius 3 is 2.89 bits per heavy atom. The minimum absolute atomic E-state index is 0.153. The van der Waals surface area contributed by atoms with Gasteiger partial charge in [-0.3, -0.25) is 9.89 Å². The predicted octanol–water partition coefficient (Wildman–Crippen LogP) is -0.318. The first-order valence-electron chi connectivity index (χ1n) is 5.87. The maximum atomic E-state index is 11.9. The van der Waals surface area contributed by atoms with Gasteiger partial charge in [0.2, 0.25) is 0 Å². The Bertz CT molecular complexity index is 392. The SMILES string of the molecule is CCc1[nH]nc(C(=O)NC(CO)CCOC)c1N. The number of hydrogen-bond donors (Lipinski definition) is 4. The van der Waals surface area contributed by atoms with E-state index in [2.05, 4.69) is 15.5 Å². The molecule has 0 spiro atoms. The van der Waals surface area contributed by atoms with E-state index in [1.54, 1.807) is 7.11 Å². The highest BCUT2D eigenvalue weighted by Crippen LogP contribution is 2.14. The van der Waals surface area contributed by atoms with Crippen LogP contribution < -0.4 is 11.1 Å². The third kappa shape index (κ3) is 3.44. The number of aliphatic hydroxyl groups excluding tert-OH is 1. The molecule has 0 radical (unpaired) electrons. The normalized spacial score (nSPS) is 12.4. The second-order valence-corrected chi connectivity index (χ2v) is 3.95. The van der Waals surface area contributed by atoms with E-state index in [9.17, 15) is 4.79 Å². The first-order chi connectivity index (χ1) is 8.63. The van der Waals surface area contributed by atoms with Gasteiger partial charge in [0.15, 0.2) is 5.69 Å². The molecule has 0 aliphatic rings. The number of nitrogens with two attached hydrogens (primary N) is 1. The summed E-state index contributed by atoms with van der Waals surface area (Å²) in [4.78, 5) is 11.9. The average molecular weight is 256 g/mol. The zero-order valence-corrected chi connectivity index (χ0v) is 10.7. The minimum Gasteiger partial charge on any atom is -0.395 e.